The molecule has 0 aliphatic rings. The van der Waals surface area contributed by atoms with Crippen LogP contribution < -0.4 is 10.6 Å². The Morgan fingerprint density at radius 2 is 2.00 bits per heavy atom. The number of halogens is 2. The smallest absolute Gasteiger partial charge is 0.261 e. The van der Waals surface area contributed by atoms with Crippen LogP contribution in [-0.4, -0.2) is 18.1 Å². The van der Waals surface area contributed by atoms with Gasteiger partial charge < -0.3 is 15.7 Å². The quantitative estimate of drug-likeness (QED) is 0.597. The number of benzene rings is 2. The second kappa shape index (κ2) is 5.88. The molecule has 0 spiro atoms. The molecule has 0 saturated carbocycles. The Morgan fingerprint density at radius 1 is 1.30 bits per heavy atom. The molecule has 3 N–H and O–H groups in total. The summed E-state index contributed by atoms with van der Waals surface area (Å²) in [5.74, 6) is -0.419. The minimum absolute atomic E-state index is 0.0668. The Balaban J connectivity index is 2.42. The van der Waals surface area contributed by atoms with Crippen molar-refractivity contribution >= 4 is 51.5 Å². The van der Waals surface area contributed by atoms with Crippen molar-refractivity contribution in [2.24, 2.45) is 0 Å². The first kappa shape index (κ1) is 14.9. The lowest BCUT2D eigenvalue weighted by Gasteiger charge is -2.20. The summed E-state index contributed by atoms with van der Waals surface area (Å²) in [4.78, 5) is 13.8. The predicted molar refractivity (Wildman–Crippen MR) is 89.4 cm³/mol. The molecule has 20 heavy (non-hydrogen) atoms. The van der Waals surface area contributed by atoms with Gasteiger partial charge >= 0.3 is 0 Å². The average molecular weight is 403 g/mol. The highest BCUT2D eigenvalue weighted by Gasteiger charge is 2.19. The number of phenols is 1. The van der Waals surface area contributed by atoms with Crippen LogP contribution in [0.15, 0.2) is 36.4 Å². The fraction of sp³-hybridized carbons (Fsp3) is 0.0714. The highest BCUT2D eigenvalue weighted by Crippen LogP contribution is 2.29. The summed E-state index contributed by atoms with van der Waals surface area (Å²) in [7, 11) is 1.59. The molecule has 4 nitrogen and oxygen atoms in total. The average Bonchev–Trinajstić information content (AvgIpc) is 2.42. The van der Waals surface area contributed by atoms with Gasteiger partial charge in [0.1, 0.15) is 5.75 Å². The number of amides is 1. The molecule has 2 rings (SSSR count). The van der Waals surface area contributed by atoms with Gasteiger partial charge in [-0.3, -0.25) is 4.79 Å². The number of phenolic OH excluding ortho intramolecular Hbond substituents is 1. The lowest BCUT2D eigenvalue weighted by atomic mass is 10.1. The van der Waals surface area contributed by atoms with Crippen LogP contribution in [0.2, 0.25) is 5.02 Å². The lowest BCUT2D eigenvalue weighted by molar-refractivity contribution is 0.0990. The van der Waals surface area contributed by atoms with Gasteiger partial charge in [0.15, 0.2) is 0 Å². The van der Waals surface area contributed by atoms with Gasteiger partial charge in [0, 0.05) is 15.6 Å². The van der Waals surface area contributed by atoms with Crippen molar-refractivity contribution < 1.29 is 9.90 Å². The standard InChI is InChI=1S/C14H12ClIN2O2/c1-18(12-6-8(15)2-4-11(12)17)14(20)10-7-9(16)3-5-13(10)19/h2-7,19H,17H2,1H3. The van der Waals surface area contributed by atoms with Gasteiger partial charge in [-0.15, -0.1) is 0 Å². The van der Waals surface area contributed by atoms with E-state index in [9.17, 15) is 9.90 Å². The summed E-state index contributed by atoms with van der Waals surface area (Å²) in [5, 5.41) is 10.3. The summed E-state index contributed by atoms with van der Waals surface area (Å²) in [6.45, 7) is 0. The van der Waals surface area contributed by atoms with Crippen LogP contribution in [0.1, 0.15) is 10.4 Å². The van der Waals surface area contributed by atoms with Crippen LogP contribution in [0.25, 0.3) is 0 Å². The first-order valence-corrected chi connectivity index (χ1v) is 7.17. The minimum atomic E-state index is -0.352. The number of rotatable bonds is 2. The Kier molecular flexibility index (Phi) is 4.39. The number of hydrogen-bond donors (Lipinski definition) is 2. The number of anilines is 2. The van der Waals surface area contributed by atoms with Crippen LogP contribution in [0.4, 0.5) is 11.4 Å². The summed E-state index contributed by atoms with van der Waals surface area (Å²) >= 11 is 8.00. The van der Waals surface area contributed by atoms with Crippen LogP contribution in [0.5, 0.6) is 5.75 Å². The maximum atomic E-state index is 12.4. The van der Waals surface area contributed by atoms with E-state index < -0.39 is 0 Å². The zero-order valence-corrected chi connectivity index (χ0v) is 13.5. The molecule has 6 heteroatoms. The molecule has 0 atom stereocenters. The van der Waals surface area contributed by atoms with E-state index >= 15 is 0 Å². The first-order valence-electron chi connectivity index (χ1n) is 5.71. The van der Waals surface area contributed by atoms with Crippen molar-refractivity contribution in [1.82, 2.24) is 0 Å². The Bertz CT molecular complexity index is 676. The molecule has 2 aromatic rings. The van der Waals surface area contributed by atoms with Crippen LogP contribution in [0, 0.1) is 3.57 Å². The van der Waals surface area contributed by atoms with Crippen LogP contribution in [0.3, 0.4) is 0 Å². The largest absolute Gasteiger partial charge is 0.507 e. The maximum absolute atomic E-state index is 12.4. The lowest BCUT2D eigenvalue weighted by Crippen LogP contribution is -2.27. The molecule has 0 saturated heterocycles. The van der Waals surface area contributed by atoms with Crippen molar-refractivity contribution in [2.45, 2.75) is 0 Å². The number of aromatic hydroxyl groups is 1. The zero-order chi connectivity index (χ0) is 14.9. The molecular weight excluding hydrogens is 391 g/mol. The molecule has 0 aliphatic heterocycles. The summed E-state index contributed by atoms with van der Waals surface area (Å²) in [6, 6.07) is 9.73. The number of nitrogens with two attached hydrogens (primary N) is 1. The molecular formula is C14H12ClIN2O2. The van der Waals surface area contributed by atoms with E-state index in [4.69, 9.17) is 17.3 Å². The van der Waals surface area contributed by atoms with E-state index in [1.54, 1.807) is 37.4 Å². The van der Waals surface area contributed by atoms with Gasteiger partial charge in [0.2, 0.25) is 0 Å². The topological polar surface area (TPSA) is 66.6 Å². The summed E-state index contributed by atoms with van der Waals surface area (Å²) in [5.41, 5.74) is 7.02. The van der Waals surface area contributed by atoms with E-state index in [2.05, 4.69) is 22.6 Å². The molecule has 104 valence electrons. The van der Waals surface area contributed by atoms with E-state index in [0.717, 1.165) is 3.57 Å². The van der Waals surface area contributed by atoms with Gasteiger partial charge in [0.25, 0.3) is 5.91 Å². The highest BCUT2D eigenvalue weighted by atomic mass is 127. The minimum Gasteiger partial charge on any atom is -0.507 e. The van der Waals surface area contributed by atoms with E-state index in [1.807, 2.05) is 0 Å². The van der Waals surface area contributed by atoms with Gasteiger partial charge in [0.05, 0.1) is 16.9 Å². The fourth-order valence-electron chi connectivity index (χ4n) is 1.78. The maximum Gasteiger partial charge on any atom is 0.261 e. The molecule has 0 aliphatic carbocycles. The second-order valence-corrected chi connectivity index (χ2v) is 5.91. The predicted octanol–water partition coefficient (Wildman–Crippen LogP) is 3.51. The molecule has 2 aromatic carbocycles. The van der Waals surface area contributed by atoms with E-state index in [1.165, 1.54) is 11.0 Å². The monoisotopic (exact) mass is 402 g/mol. The first-order chi connectivity index (χ1) is 9.40. The van der Waals surface area contributed by atoms with Gasteiger partial charge in [-0.25, -0.2) is 0 Å². The third-order valence-corrected chi connectivity index (χ3v) is 3.75. The molecule has 0 bridgehead atoms. The summed E-state index contributed by atoms with van der Waals surface area (Å²) in [6.07, 6.45) is 0. The number of nitrogens with zero attached hydrogens (tertiary/aromatic N) is 1. The number of nitrogen functional groups attached to an aromatic ring is 1. The van der Waals surface area contributed by atoms with E-state index in [0.29, 0.717) is 16.4 Å². The highest BCUT2D eigenvalue weighted by molar-refractivity contribution is 14.1. The Hall–Kier alpha value is -1.47. The number of carbonyl (C=O) groups is 1. The van der Waals surface area contributed by atoms with Crippen molar-refractivity contribution in [3.63, 3.8) is 0 Å². The van der Waals surface area contributed by atoms with Crippen molar-refractivity contribution in [3.05, 3.63) is 50.6 Å². The molecule has 0 aromatic heterocycles. The molecule has 0 radical (unpaired) electrons. The van der Waals surface area contributed by atoms with E-state index in [-0.39, 0.29) is 17.2 Å². The van der Waals surface area contributed by atoms with Crippen molar-refractivity contribution in [1.29, 1.82) is 0 Å². The van der Waals surface area contributed by atoms with Crippen molar-refractivity contribution in [2.75, 3.05) is 17.7 Å². The van der Waals surface area contributed by atoms with Crippen LogP contribution in [-0.2, 0) is 0 Å². The van der Waals surface area contributed by atoms with Crippen LogP contribution >= 0.6 is 34.2 Å². The molecule has 0 heterocycles. The molecule has 1 amide bonds. The van der Waals surface area contributed by atoms with Gasteiger partial charge in [-0.05, 0) is 59.0 Å². The molecule has 0 fully saturated rings. The Morgan fingerprint density at radius 3 is 2.70 bits per heavy atom. The normalized spacial score (nSPS) is 10.3. The number of carbonyl (C=O) groups excluding carboxylic acids is 1. The Labute approximate surface area is 135 Å². The molecule has 0 unspecified atom stereocenters. The van der Waals surface area contributed by atoms with Gasteiger partial charge in [-0.1, -0.05) is 11.6 Å². The SMILES string of the molecule is CN(C(=O)c1cc(I)ccc1O)c1cc(Cl)ccc1N. The third-order valence-electron chi connectivity index (χ3n) is 2.85. The number of hydrogen-bond acceptors (Lipinski definition) is 3. The summed E-state index contributed by atoms with van der Waals surface area (Å²) < 4.78 is 0.858. The van der Waals surface area contributed by atoms with Crippen molar-refractivity contribution in [3.8, 4) is 5.75 Å². The second-order valence-electron chi connectivity index (χ2n) is 4.23. The third kappa shape index (κ3) is 2.99. The fourth-order valence-corrected chi connectivity index (χ4v) is 2.43. The van der Waals surface area contributed by atoms with Gasteiger partial charge in [-0.2, -0.15) is 0 Å². The zero-order valence-electron chi connectivity index (χ0n) is 10.6.